The number of fused-ring (bicyclic) bond motifs is 1. The van der Waals surface area contributed by atoms with E-state index < -0.39 is 41.3 Å². The topological polar surface area (TPSA) is 111 Å². The standard InChI is InChI=1S/C18H15ClF2N2O7S/c1-23(31(26,27)13-5-2-11(19)3-6-13)9-17(25)28-10-16(24)22-12-4-7-14-15(8-12)30-18(20,21)29-14/h2-8H,9-10H2,1H3,(H,22,24). The number of hydrogen-bond acceptors (Lipinski definition) is 7. The quantitative estimate of drug-likeness (QED) is 0.611. The Labute approximate surface area is 180 Å². The first-order valence-electron chi connectivity index (χ1n) is 8.53. The maximum absolute atomic E-state index is 13.0. The first kappa shape index (κ1) is 22.7. The molecule has 0 unspecified atom stereocenters. The number of carbonyl (C=O) groups is 2. The van der Waals surface area contributed by atoms with Gasteiger partial charge in [-0.25, -0.2) is 8.42 Å². The zero-order chi connectivity index (χ0) is 22.8. The number of nitrogens with zero attached hydrogens (tertiary/aromatic N) is 1. The molecule has 0 spiro atoms. The molecule has 1 heterocycles. The zero-order valence-corrected chi connectivity index (χ0v) is 17.4. The number of sulfonamides is 1. The van der Waals surface area contributed by atoms with Crippen molar-refractivity contribution in [3.05, 3.63) is 47.5 Å². The highest BCUT2D eigenvalue weighted by Crippen LogP contribution is 2.42. The molecular weight excluding hydrogens is 462 g/mol. The molecule has 0 aliphatic carbocycles. The molecule has 3 rings (SSSR count). The van der Waals surface area contributed by atoms with Crippen LogP contribution in [0.25, 0.3) is 0 Å². The van der Waals surface area contributed by atoms with E-state index >= 15 is 0 Å². The molecule has 13 heteroatoms. The molecule has 2 aromatic carbocycles. The van der Waals surface area contributed by atoms with Gasteiger partial charge in [-0.3, -0.25) is 9.59 Å². The van der Waals surface area contributed by atoms with Crippen LogP contribution in [0, 0.1) is 0 Å². The second-order valence-corrected chi connectivity index (χ2v) is 8.73. The fraction of sp³-hybridized carbons (Fsp3) is 0.222. The minimum atomic E-state index is -3.97. The SMILES string of the molecule is CN(CC(=O)OCC(=O)Nc1ccc2c(c1)OC(F)(F)O2)S(=O)(=O)c1ccc(Cl)cc1. The lowest BCUT2D eigenvalue weighted by atomic mass is 10.3. The van der Waals surface area contributed by atoms with Gasteiger partial charge in [0.1, 0.15) is 6.54 Å². The Hall–Kier alpha value is -2.96. The number of ether oxygens (including phenoxy) is 3. The summed E-state index contributed by atoms with van der Waals surface area (Å²) in [6, 6.07) is 8.93. The van der Waals surface area contributed by atoms with E-state index in [0.717, 1.165) is 10.4 Å². The third-order valence-electron chi connectivity index (χ3n) is 3.92. The highest BCUT2D eigenvalue weighted by molar-refractivity contribution is 7.89. The van der Waals surface area contributed by atoms with Crippen molar-refractivity contribution in [3.8, 4) is 11.5 Å². The second kappa shape index (κ2) is 8.65. The molecule has 0 fully saturated rings. The number of alkyl halides is 2. The molecule has 9 nitrogen and oxygen atoms in total. The number of hydrogen-bond donors (Lipinski definition) is 1. The maximum atomic E-state index is 13.0. The summed E-state index contributed by atoms with van der Waals surface area (Å²) >= 11 is 5.73. The summed E-state index contributed by atoms with van der Waals surface area (Å²) in [6.07, 6.45) is -3.79. The fourth-order valence-electron chi connectivity index (χ4n) is 2.47. The number of likely N-dealkylation sites (N-methyl/N-ethyl adjacent to an activating group) is 1. The van der Waals surface area contributed by atoms with Crippen LogP contribution in [-0.2, 0) is 24.3 Å². The largest absolute Gasteiger partial charge is 0.586 e. The lowest BCUT2D eigenvalue weighted by Gasteiger charge is -2.16. The van der Waals surface area contributed by atoms with Crippen molar-refractivity contribution in [2.75, 3.05) is 25.5 Å². The lowest BCUT2D eigenvalue weighted by molar-refractivity contribution is -0.286. The molecule has 31 heavy (non-hydrogen) atoms. The number of amides is 1. The Morgan fingerprint density at radius 2 is 1.77 bits per heavy atom. The summed E-state index contributed by atoms with van der Waals surface area (Å²) < 4.78 is 64.9. The van der Waals surface area contributed by atoms with Crippen LogP contribution in [0.4, 0.5) is 14.5 Å². The average molecular weight is 477 g/mol. The van der Waals surface area contributed by atoms with E-state index in [1.807, 2.05) is 0 Å². The van der Waals surface area contributed by atoms with Gasteiger partial charge in [-0.2, -0.15) is 4.31 Å². The Morgan fingerprint density at radius 3 is 2.45 bits per heavy atom. The Balaban J connectivity index is 1.50. The molecule has 1 N–H and O–H groups in total. The van der Waals surface area contributed by atoms with Crippen molar-refractivity contribution in [3.63, 3.8) is 0 Å². The highest BCUT2D eigenvalue weighted by Gasteiger charge is 2.43. The van der Waals surface area contributed by atoms with Crippen molar-refractivity contribution < 1.29 is 41.0 Å². The van der Waals surface area contributed by atoms with E-state index in [1.54, 1.807) is 0 Å². The molecule has 0 saturated carbocycles. The molecule has 0 aromatic heterocycles. The minimum absolute atomic E-state index is 0.0710. The fourth-order valence-corrected chi connectivity index (χ4v) is 3.71. The van der Waals surface area contributed by atoms with Gasteiger partial charge in [0.15, 0.2) is 18.1 Å². The van der Waals surface area contributed by atoms with E-state index in [-0.39, 0.29) is 22.1 Å². The van der Waals surface area contributed by atoms with Crippen LogP contribution in [0.3, 0.4) is 0 Å². The molecule has 2 aromatic rings. The summed E-state index contributed by atoms with van der Waals surface area (Å²) in [6.45, 7) is -1.37. The minimum Gasteiger partial charge on any atom is -0.455 e. The highest BCUT2D eigenvalue weighted by atomic mass is 35.5. The van der Waals surface area contributed by atoms with Gasteiger partial charge in [-0.05, 0) is 36.4 Å². The normalized spacial score (nSPS) is 14.4. The Morgan fingerprint density at radius 1 is 1.13 bits per heavy atom. The zero-order valence-electron chi connectivity index (χ0n) is 15.8. The average Bonchev–Trinajstić information content (AvgIpc) is 2.99. The van der Waals surface area contributed by atoms with Crippen LogP contribution in [-0.4, -0.2) is 51.1 Å². The summed E-state index contributed by atoms with van der Waals surface area (Å²) in [7, 11) is -2.79. The van der Waals surface area contributed by atoms with Crippen LogP contribution in [0.2, 0.25) is 5.02 Å². The van der Waals surface area contributed by atoms with Gasteiger partial charge in [-0.15, -0.1) is 8.78 Å². The van der Waals surface area contributed by atoms with Crippen molar-refractivity contribution in [2.24, 2.45) is 0 Å². The molecule has 1 aliphatic rings. The van der Waals surface area contributed by atoms with Gasteiger partial charge in [0.25, 0.3) is 5.91 Å². The van der Waals surface area contributed by atoms with Gasteiger partial charge < -0.3 is 19.5 Å². The Kier molecular flexibility index (Phi) is 6.34. The molecule has 1 amide bonds. The first-order valence-corrected chi connectivity index (χ1v) is 10.4. The van der Waals surface area contributed by atoms with E-state index in [9.17, 15) is 26.8 Å². The van der Waals surface area contributed by atoms with Gasteiger partial charge in [0, 0.05) is 23.8 Å². The third kappa shape index (κ3) is 5.60. The van der Waals surface area contributed by atoms with Gasteiger partial charge in [0.2, 0.25) is 10.0 Å². The van der Waals surface area contributed by atoms with E-state index in [2.05, 4.69) is 14.8 Å². The number of nitrogens with one attached hydrogen (secondary N) is 1. The van der Waals surface area contributed by atoms with Crippen LogP contribution < -0.4 is 14.8 Å². The van der Waals surface area contributed by atoms with Crippen LogP contribution in [0.15, 0.2) is 47.4 Å². The smallest absolute Gasteiger partial charge is 0.455 e. The number of rotatable bonds is 7. The summed E-state index contributed by atoms with van der Waals surface area (Å²) in [5.74, 6) is -2.21. The van der Waals surface area contributed by atoms with Crippen molar-refractivity contribution in [2.45, 2.75) is 11.2 Å². The molecular formula is C18H15ClF2N2O7S. The molecule has 0 atom stereocenters. The van der Waals surface area contributed by atoms with Crippen molar-refractivity contribution in [1.29, 1.82) is 0 Å². The van der Waals surface area contributed by atoms with Gasteiger partial charge >= 0.3 is 12.3 Å². The van der Waals surface area contributed by atoms with Crippen LogP contribution in [0.1, 0.15) is 0 Å². The van der Waals surface area contributed by atoms with Crippen LogP contribution >= 0.6 is 11.6 Å². The lowest BCUT2D eigenvalue weighted by Crippen LogP contribution is -2.34. The van der Waals surface area contributed by atoms with Crippen molar-refractivity contribution >= 4 is 39.2 Å². The third-order valence-corrected chi connectivity index (χ3v) is 5.99. The monoisotopic (exact) mass is 476 g/mol. The molecule has 166 valence electrons. The summed E-state index contributed by atoms with van der Waals surface area (Å²) in [4.78, 5) is 23.8. The second-order valence-electron chi connectivity index (χ2n) is 6.25. The number of halogens is 3. The summed E-state index contributed by atoms with van der Waals surface area (Å²) in [5.41, 5.74) is 0.100. The first-order chi connectivity index (χ1) is 14.5. The number of esters is 1. The Bertz CT molecular complexity index is 1110. The summed E-state index contributed by atoms with van der Waals surface area (Å²) in [5, 5.41) is 2.68. The van der Waals surface area contributed by atoms with E-state index in [0.29, 0.717) is 5.02 Å². The maximum Gasteiger partial charge on any atom is 0.586 e. The predicted molar refractivity (Wildman–Crippen MR) is 104 cm³/mol. The number of carbonyl (C=O) groups excluding carboxylic acids is 2. The predicted octanol–water partition coefficient (Wildman–Crippen LogP) is 2.46. The number of benzene rings is 2. The van der Waals surface area contributed by atoms with Crippen LogP contribution in [0.5, 0.6) is 11.5 Å². The van der Waals surface area contributed by atoms with E-state index in [1.165, 1.54) is 43.4 Å². The molecule has 0 saturated heterocycles. The van der Waals surface area contributed by atoms with Crippen molar-refractivity contribution in [1.82, 2.24) is 4.31 Å². The molecule has 1 aliphatic heterocycles. The number of anilines is 1. The van der Waals surface area contributed by atoms with Gasteiger partial charge in [0.05, 0.1) is 4.90 Å². The van der Waals surface area contributed by atoms with Gasteiger partial charge in [-0.1, -0.05) is 11.6 Å². The van der Waals surface area contributed by atoms with E-state index in [4.69, 9.17) is 16.3 Å². The molecule has 0 bridgehead atoms. The molecule has 0 radical (unpaired) electrons.